The molecule has 1 atom stereocenters. The van der Waals surface area contributed by atoms with Crippen LogP contribution in [0.15, 0.2) is 12.2 Å². The van der Waals surface area contributed by atoms with E-state index in [1.165, 1.54) is 0 Å². The van der Waals surface area contributed by atoms with E-state index in [-0.39, 0.29) is 11.6 Å². The highest BCUT2D eigenvalue weighted by molar-refractivity contribution is 5.87. The molecule has 0 bridgehead atoms. The summed E-state index contributed by atoms with van der Waals surface area (Å²) in [7, 11) is 3.70. The predicted octanol–water partition coefficient (Wildman–Crippen LogP) is 0.967. The minimum atomic E-state index is -0.912. The van der Waals surface area contributed by atoms with Crippen molar-refractivity contribution in [2.24, 2.45) is 0 Å². The lowest BCUT2D eigenvalue weighted by molar-refractivity contribution is -0.133. The molecule has 0 saturated carbocycles. The summed E-state index contributed by atoms with van der Waals surface area (Å²) in [4.78, 5) is 12.3. The van der Waals surface area contributed by atoms with Gasteiger partial charge in [0.1, 0.15) is 0 Å². The second-order valence-corrected chi connectivity index (χ2v) is 2.72. The van der Waals surface area contributed by atoms with E-state index in [1.54, 1.807) is 0 Å². The molecule has 1 unspecified atom stereocenters. The van der Waals surface area contributed by atoms with E-state index < -0.39 is 5.97 Å². The van der Waals surface area contributed by atoms with Gasteiger partial charge in [0.25, 0.3) is 0 Å². The number of nitrogens with zero attached hydrogens (tertiary/aromatic N) is 1. The van der Waals surface area contributed by atoms with Crippen LogP contribution in [0.4, 0.5) is 0 Å². The molecule has 0 aromatic rings. The molecule has 0 aliphatic carbocycles. The van der Waals surface area contributed by atoms with E-state index >= 15 is 0 Å². The van der Waals surface area contributed by atoms with Gasteiger partial charge in [-0.15, -0.1) is 0 Å². The third-order valence-electron chi connectivity index (χ3n) is 1.69. The summed E-state index contributed by atoms with van der Waals surface area (Å²) in [6.45, 7) is 5.45. The first-order valence-electron chi connectivity index (χ1n) is 3.59. The average molecular weight is 157 g/mol. The van der Waals surface area contributed by atoms with Crippen LogP contribution < -0.4 is 0 Å². The van der Waals surface area contributed by atoms with Crippen molar-refractivity contribution >= 4 is 5.97 Å². The minimum Gasteiger partial charge on any atom is -0.478 e. The van der Waals surface area contributed by atoms with Crippen molar-refractivity contribution in [3.8, 4) is 0 Å². The van der Waals surface area contributed by atoms with Crippen LogP contribution in [-0.2, 0) is 4.79 Å². The average Bonchev–Trinajstić information content (AvgIpc) is 1.88. The van der Waals surface area contributed by atoms with Gasteiger partial charge in [0, 0.05) is 11.6 Å². The van der Waals surface area contributed by atoms with Gasteiger partial charge >= 0.3 is 5.97 Å². The molecular weight excluding hydrogens is 142 g/mol. The highest BCUT2D eigenvalue weighted by Crippen LogP contribution is 2.09. The lowest BCUT2D eigenvalue weighted by Gasteiger charge is -2.22. The van der Waals surface area contributed by atoms with Crippen molar-refractivity contribution < 1.29 is 9.90 Å². The Morgan fingerprint density at radius 3 is 2.18 bits per heavy atom. The largest absolute Gasteiger partial charge is 0.478 e. The first kappa shape index (κ1) is 10.2. The molecule has 0 heterocycles. The van der Waals surface area contributed by atoms with Crippen LogP contribution in [0.2, 0.25) is 0 Å². The second-order valence-electron chi connectivity index (χ2n) is 2.72. The molecule has 0 aliphatic rings. The Hall–Kier alpha value is -0.830. The van der Waals surface area contributed by atoms with Gasteiger partial charge in [-0.1, -0.05) is 13.5 Å². The molecule has 0 spiro atoms. The van der Waals surface area contributed by atoms with Gasteiger partial charge in [-0.3, -0.25) is 0 Å². The van der Waals surface area contributed by atoms with Crippen LogP contribution >= 0.6 is 0 Å². The van der Waals surface area contributed by atoms with Crippen LogP contribution in [0.3, 0.4) is 0 Å². The van der Waals surface area contributed by atoms with E-state index in [0.29, 0.717) is 0 Å². The lowest BCUT2D eigenvalue weighted by atomic mass is 10.1. The molecule has 1 N–H and O–H groups in total. The van der Waals surface area contributed by atoms with Crippen LogP contribution in [0.5, 0.6) is 0 Å². The summed E-state index contributed by atoms with van der Waals surface area (Å²) in [6.07, 6.45) is 0.776. The van der Waals surface area contributed by atoms with Crippen molar-refractivity contribution in [2.75, 3.05) is 14.1 Å². The zero-order valence-corrected chi connectivity index (χ0v) is 7.29. The molecule has 11 heavy (non-hydrogen) atoms. The molecule has 0 aromatic carbocycles. The zero-order valence-electron chi connectivity index (χ0n) is 7.29. The van der Waals surface area contributed by atoms with Crippen LogP contribution in [0.25, 0.3) is 0 Å². The summed E-state index contributed by atoms with van der Waals surface area (Å²) in [5, 5.41) is 8.61. The summed E-state index contributed by atoms with van der Waals surface area (Å²) >= 11 is 0. The number of likely N-dealkylation sites (N-methyl/N-ethyl adjacent to an activating group) is 1. The highest BCUT2D eigenvalue weighted by atomic mass is 16.4. The maximum atomic E-state index is 10.5. The maximum absolute atomic E-state index is 10.5. The minimum absolute atomic E-state index is 0.0486. The Balaban J connectivity index is 4.26. The summed E-state index contributed by atoms with van der Waals surface area (Å²) in [6, 6.07) is -0.0486. The van der Waals surface area contributed by atoms with Gasteiger partial charge in [0.05, 0.1) is 0 Å². The van der Waals surface area contributed by atoms with Gasteiger partial charge in [0.2, 0.25) is 0 Å². The maximum Gasteiger partial charge on any atom is 0.332 e. The molecule has 0 radical (unpaired) electrons. The Morgan fingerprint density at radius 1 is 1.64 bits per heavy atom. The summed E-state index contributed by atoms with van der Waals surface area (Å²) in [5.74, 6) is -0.912. The molecule has 3 heteroatoms. The van der Waals surface area contributed by atoms with Crippen LogP contribution in [0, 0.1) is 0 Å². The van der Waals surface area contributed by atoms with Crippen molar-refractivity contribution in [1.29, 1.82) is 0 Å². The van der Waals surface area contributed by atoms with Crippen LogP contribution in [0.1, 0.15) is 13.3 Å². The number of carboxylic acids is 1. The topological polar surface area (TPSA) is 40.5 Å². The Bertz CT molecular complexity index is 163. The molecule has 64 valence electrons. The standard InChI is InChI=1S/C8H15NO2/c1-5-7(9(3)4)6(2)8(10)11/h7H,2,5H2,1,3-4H3,(H,10,11). The fraction of sp³-hybridized carbons (Fsp3) is 0.625. The van der Waals surface area contributed by atoms with Crippen molar-refractivity contribution in [2.45, 2.75) is 19.4 Å². The SMILES string of the molecule is C=C(C(=O)O)C(CC)N(C)C. The van der Waals surface area contributed by atoms with Gasteiger partial charge in [-0.2, -0.15) is 0 Å². The van der Waals surface area contributed by atoms with Gasteiger partial charge < -0.3 is 10.0 Å². The van der Waals surface area contributed by atoms with Gasteiger partial charge in [-0.25, -0.2) is 4.79 Å². The fourth-order valence-electron chi connectivity index (χ4n) is 1.07. The van der Waals surface area contributed by atoms with E-state index in [0.717, 1.165) is 6.42 Å². The highest BCUT2D eigenvalue weighted by Gasteiger charge is 2.17. The van der Waals surface area contributed by atoms with Crippen molar-refractivity contribution in [1.82, 2.24) is 4.90 Å². The van der Waals surface area contributed by atoms with Gasteiger partial charge in [0.15, 0.2) is 0 Å². The van der Waals surface area contributed by atoms with Crippen molar-refractivity contribution in [3.05, 3.63) is 12.2 Å². The van der Waals surface area contributed by atoms with E-state index in [2.05, 4.69) is 6.58 Å². The van der Waals surface area contributed by atoms with Crippen molar-refractivity contribution in [3.63, 3.8) is 0 Å². The van der Waals surface area contributed by atoms with E-state index in [4.69, 9.17) is 5.11 Å². The summed E-state index contributed by atoms with van der Waals surface area (Å²) < 4.78 is 0. The molecule has 0 aromatic heterocycles. The molecule has 3 nitrogen and oxygen atoms in total. The normalized spacial score (nSPS) is 13.1. The van der Waals surface area contributed by atoms with E-state index in [9.17, 15) is 4.79 Å². The number of carbonyl (C=O) groups is 1. The monoisotopic (exact) mass is 157 g/mol. The number of aliphatic carboxylic acids is 1. The zero-order chi connectivity index (χ0) is 9.02. The second kappa shape index (κ2) is 4.13. The van der Waals surface area contributed by atoms with Crippen LogP contribution in [-0.4, -0.2) is 36.1 Å². The number of rotatable bonds is 4. The molecule has 0 saturated heterocycles. The van der Waals surface area contributed by atoms with E-state index in [1.807, 2.05) is 25.9 Å². The molecule has 0 rings (SSSR count). The Morgan fingerprint density at radius 2 is 2.09 bits per heavy atom. The molecule has 0 amide bonds. The number of hydrogen-bond donors (Lipinski definition) is 1. The summed E-state index contributed by atoms with van der Waals surface area (Å²) in [5.41, 5.74) is 0.262. The first-order valence-corrected chi connectivity index (χ1v) is 3.59. The smallest absolute Gasteiger partial charge is 0.332 e. The third kappa shape index (κ3) is 2.72. The fourth-order valence-corrected chi connectivity index (χ4v) is 1.07. The molecule has 0 fully saturated rings. The molecular formula is C8H15NO2. The molecule has 0 aliphatic heterocycles. The number of carboxylic acid groups (broad SMARTS) is 1. The predicted molar refractivity (Wildman–Crippen MR) is 44.5 cm³/mol. The van der Waals surface area contributed by atoms with Gasteiger partial charge in [-0.05, 0) is 20.5 Å². The Labute approximate surface area is 67.3 Å². The quantitative estimate of drug-likeness (QED) is 0.618. The third-order valence-corrected chi connectivity index (χ3v) is 1.69. The number of hydrogen-bond acceptors (Lipinski definition) is 2. The lowest BCUT2D eigenvalue weighted by Crippen LogP contribution is -2.31. The first-order chi connectivity index (χ1) is 5.00. The Kier molecular flexibility index (Phi) is 3.82.